The number of benzene rings is 1. The molecule has 0 bridgehead atoms. The first-order valence-electron chi connectivity index (χ1n) is 8.05. The van der Waals surface area contributed by atoms with E-state index in [1.54, 1.807) is 12.1 Å². The van der Waals surface area contributed by atoms with Crippen molar-refractivity contribution in [3.63, 3.8) is 0 Å². The summed E-state index contributed by atoms with van der Waals surface area (Å²) in [5, 5.41) is 28.4. The zero-order valence-electron chi connectivity index (χ0n) is 14.3. The lowest BCUT2D eigenvalue weighted by molar-refractivity contribution is -0.136. The maximum Gasteiger partial charge on any atom is 0.313 e. The van der Waals surface area contributed by atoms with Crippen LogP contribution in [0.25, 0.3) is 0 Å². The molecular formula is C19H14ClN3O3S2. The number of nitriles is 1. The van der Waals surface area contributed by atoms with Crippen LogP contribution in [0.2, 0.25) is 5.02 Å². The van der Waals surface area contributed by atoms with E-state index in [1.165, 1.54) is 40.9 Å². The van der Waals surface area contributed by atoms with Gasteiger partial charge in [-0.2, -0.15) is 16.6 Å². The largest absolute Gasteiger partial charge is 0.383 e. The predicted molar refractivity (Wildman–Crippen MR) is 109 cm³/mol. The summed E-state index contributed by atoms with van der Waals surface area (Å²) >= 11 is 8.72. The zero-order chi connectivity index (χ0) is 20.1. The number of aliphatic hydroxyl groups is 1. The van der Waals surface area contributed by atoms with E-state index in [9.17, 15) is 14.7 Å². The molecule has 28 heavy (non-hydrogen) atoms. The highest BCUT2D eigenvalue weighted by molar-refractivity contribution is 7.12. The predicted octanol–water partition coefficient (Wildman–Crippen LogP) is 3.67. The maximum atomic E-state index is 12.1. The van der Waals surface area contributed by atoms with Crippen molar-refractivity contribution in [3.8, 4) is 6.07 Å². The number of nitrogens with zero attached hydrogens (tertiary/aromatic N) is 1. The second kappa shape index (κ2) is 8.99. The van der Waals surface area contributed by atoms with E-state index in [0.717, 1.165) is 15.3 Å². The Morgan fingerprint density at radius 1 is 1.21 bits per heavy atom. The fraction of sp³-hybridized carbons (Fsp3) is 0.105. The van der Waals surface area contributed by atoms with Crippen LogP contribution in [0.1, 0.15) is 27.0 Å². The first-order valence-corrected chi connectivity index (χ1v) is 10.2. The Kier molecular flexibility index (Phi) is 6.44. The molecule has 0 saturated heterocycles. The average molecular weight is 432 g/mol. The summed E-state index contributed by atoms with van der Waals surface area (Å²) in [6.07, 6.45) is -0.712. The summed E-state index contributed by atoms with van der Waals surface area (Å²) in [6, 6.07) is 11.7. The minimum Gasteiger partial charge on any atom is -0.383 e. The molecule has 1 unspecified atom stereocenters. The number of hydrogen-bond acceptors (Lipinski definition) is 6. The van der Waals surface area contributed by atoms with Crippen LogP contribution in [0.4, 0.5) is 5.69 Å². The molecule has 0 radical (unpaired) electrons. The molecule has 3 N–H and O–H groups in total. The van der Waals surface area contributed by atoms with Crippen molar-refractivity contribution >= 4 is 51.8 Å². The summed E-state index contributed by atoms with van der Waals surface area (Å²) < 4.78 is 0. The molecule has 9 heteroatoms. The number of halogens is 1. The van der Waals surface area contributed by atoms with Crippen LogP contribution in [0, 0.1) is 11.3 Å². The number of thiophene rings is 2. The highest BCUT2D eigenvalue weighted by Gasteiger charge is 2.17. The molecule has 2 heterocycles. The molecule has 1 aromatic carbocycles. The quantitative estimate of drug-likeness (QED) is 0.536. The van der Waals surface area contributed by atoms with Crippen LogP contribution in [0.3, 0.4) is 0 Å². The van der Waals surface area contributed by atoms with Crippen LogP contribution in [0.15, 0.2) is 47.2 Å². The fourth-order valence-electron chi connectivity index (χ4n) is 2.38. The number of carbonyl (C=O) groups excluding carboxylic acids is 2. The molecule has 0 aliphatic heterocycles. The Morgan fingerprint density at radius 3 is 2.75 bits per heavy atom. The monoisotopic (exact) mass is 431 g/mol. The van der Waals surface area contributed by atoms with Gasteiger partial charge in [0.25, 0.3) is 0 Å². The van der Waals surface area contributed by atoms with Gasteiger partial charge < -0.3 is 15.7 Å². The lowest BCUT2D eigenvalue weighted by Gasteiger charge is -2.08. The third-order valence-corrected chi connectivity index (χ3v) is 5.86. The van der Waals surface area contributed by atoms with Crippen molar-refractivity contribution in [2.75, 3.05) is 5.32 Å². The van der Waals surface area contributed by atoms with Gasteiger partial charge in [0.1, 0.15) is 12.2 Å². The average Bonchev–Trinajstić information content (AvgIpc) is 3.38. The topological polar surface area (TPSA) is 102 Å². The van der Waals surface area contributed by atoms with Crippen molar-refractivity contribution in [2.24, 2.45) is 0 Å². The number of rotatable bonds is 5. The Labute approximate surface area is 174 Å². The van der Waals surface area contributed by atoms with Crippen LogP contribution in [-0.2, 0) is 16.1 Å². The lowest BCUT2D eigenvalue weighted by atomic mass is 10.2. The lowest BCUT2D eigenvalue weighted by Crippen LogP contribution is -2.34. The van der Waals surface area contributed by atoms with Crippen LogP contribution < -0.4 is 10.6 Å². The summed E-state index contributed by atoms with van der Waals surface area (Å²) in [5.41, 5.74) is 1.19. The number of aliphatic hydroxyl groups excluding tert-OH is 1. The van der Waals surface area contributed by atoms with E-state index < -0.39 is 17.9 Å². The second-order valence-corrected chi connectivity index (χ2v) is 8.12. The third-order valence-electron chi connectivity index (χ3n) is 3.79. The summed E-state index contributed by atoms with van der Waals surface area (Å²) in [5.74, 6) is -1.73. The minimum absolute atomic E-state index is 0.147. The van der Waals surface area contributed by atoms with E-state index in [1.807, 2.05) is 22.9 Å². The summed E-state index contributed by atoms with van der Waals surface area (Å²) in [4.78, 5) is 25.7. The first-order chi connectivity index (χ1) is 13.5. The highest BCUT2D eigenvalue weighted by atomic mass is 35.5. The highest BCUT2D eigenvalue weighted by Crippen LogP contribution is 2.29. The van der Waals surface area contributed by atoms with Gasteiger partial charge in [-0.1, -0.05) is 11.6 Å². The molecule has 3 rings (SSSR count). The Hall–Kier alpha value is -2.70. The molecule has 1 atom stereocenters. The smallest absolute Gasteiger partial charge is 0.313 e. The maximum absolute atomic E-state index is 12.1. The normalized spacial score (nSPS) is 11.5. The molecular weight excluding hydrogens is 418 g/mol. The van der Waals surface area contributed by atoms with Crippen molar-refractivity contribution < 1.29 is 14.7 Å². The van der Waals surface area contributed by atoms with Gasteiger partial charge in [0.05, 0.1) is 17.8 Å². The Bertz CT molecular complexity index is 1040. The van der Waals surface area contributed by atoms with E-state index >= 15 is 0 Å². The number of nitrogens with one attached hydrogen (secondary N) is 2. The zero-order valence-corrected chi connectivity index (χ0v) is 16.7. The molecule has 0 spiro atoms. The molecule has 142 valence electrons. The van der Waals surface area contributed by atoms with E-state index in [2.05, 4.69) is 10.6 Å². The van der Waals surface area contributed by atoms with Gasteiger partial charge in [-0.05, 0) is 52.7 Å². The van der Waals surface area contributed by atoms with Crippen LogP contribution >= 0.6 is 34.3 Å². The Morgan fingerprint density at radius 2 is 2.04 bits per heavy atom. The molecule has 2 amide bonds. The van der Waals surface area contributed by atoms with E-state index in [-0.39, 0.29) is 17.8 Å². The van der Waals surface area contributed by atoms with Crippen LogP contribution in [-0.4, -0.2) is 16.9 Å². The van der Waals surface area contributed by atoms with Crippen molar-refractivity contribution in [3.05, 3.63) is 73.1 Å². The van der Waals surface area contributed by atoms with Gasteiger partial charge >= 0.3 is 11.8 Å². The molecule has 0 aliphatic carbocycles. The van der Waals surface area contributed by atoms with E-state index in [0.29, 0.717) is 5.02 Å². The van der Waals surface area contributed by atoms with Crippen molar-refractivity contribution in [2.45, 2.75) is 12.6 Å². The van der Waals surface area contributed by atoms with Crippen molar-refractivity contribution in [1.82, 2.24) is 5.32 Å². The fourth-order valence-corrected chi connectivity index (χ4v) is 4.19. The third kappa shape index (κ3) is 4.77. The first kappa shape index (κ1) is 20.0. The van der Waals surface area contributed by atoms with Gasteiger partial charge in [0, 0.05) is 14.8 Å². The van der Waals surface area contributed by atoms with Gasteiger partial charge in [0.15, 0.2) is 0 Å². The second-order valence-electron chi connectivity index (χ2n) is 5.70. The van der Waals surface area contributed by atoms with Gasteiger partial charge in [-0.25, -0.2) is 0 Å². The van der Waals surface area contributed by atoms with Gasteiger partial charge in [-0.15, -0.1) is 11.3 Å². The standard InChI is InChI=1S/C19H14ClN3O3S2/c20-13-2-1-11(8-21)15(7-13)23-19(26)18(25)22-9-14-3-4-16(28-14)17(24)12-5-6-27-10-12/h1-7,10,17,24H,9H2,(H,22,25)(H,23,26). The minimum atomic E-state index is -0.895. The number of anilines is 1. The Balaban J connectivity index is 1.58. The number of carbonyl (C=O) groups is 2. The summed E-state index contributed by atoms with van der Waals surface area (Å²) in [6.45, 7) is 0.147. The molecule has 2 aromatic heterocycles. The summed E-state index contributed by atoms with van der Waals surface area (Å²) in [7, 11) is 0. The molecule has 6 nitrogen and oxygen atoms in total. The SMILES string of the molecule is N#Cc1ccc(Cl)cc1NC(=O)C(=O)NCc1ccc(C(O)c2ccsc2)s1. The van der Waals surface area contributed by atoms with E-state index in [4.69, 9.17) is 16.9 Å². The number of amides is 2. The molecule has 3 aromatic rings. The van der Waals surface area contributed by atoms with Crippen LogP contribution in [0.5, 0.6) is 0 Å². The number of hydrogen-bond donors (Lipinski definition) is 3. The van der Waals surface area contributed by atoms with Gasteiger partial charge in [-0.3, -0.25) is 9.59 Å². The molecule has 0 aliphatic rings. The van der Waals surface area contributed by atoms with Gasteiger partial charge in [0.2, 0.25) is 0 Å². The van der Waals surface area contributed by atoms with Crippen molar-refractivity contribution in [1.29, 1.82) is 5.26 Å². The molecule has 0 saturated carbocycles. The molecule has 0 fully saturated rings.